The summed E-state index contributed by atoms with van der Waals surface area (Å²) in [5.74, 6) is 0.409. The molecule has 2 aromatic rings. The Bertz CT molecular complexity index is 1030. The minimum atomic E-state index is -3.25. The van der Waals surface area contributed by atoms with Crippen molar-refractivity contribution in [2.24, 2.45) is 0 Å². The number of nitrogens with zero attached hydrogens (tertiary/aromatic N) is 2. The van der Waals surface area contributed by atoms with E-state index < -0.39 is 19.7 Å². The van der Waals surface area contributed by atoms with Crippen molar-refractivity contribution >= 4 is 19.7 Å². The molecule has 7 nitrogen and oxygen atoms in total. The van der Waals surface area contributed by atoms with E-state index in [4.69, 9.17) is 4.42 Å². The average molecular weight is 427 g/mol. The molecule has 1 aliphatic carbocycles. The van der Waals surface area contributed by atoms with Gasteiger partial charge in [-0.1, -0.05) is 12.8 Å². The molecule has 0 saturated heterocycles. The van der Waals surface area contributed by atoms with Gasteiger partial charge in [-0.3, -0.25) is 4.90 Å². The van der Waals surface area contributed by atoms with Gasteiger partial charge in [-0.2, -0.15) is 0 Å². The molecule has 0 radical (unpaired) electrons. The van der Waals surface area contributed by atoms with E-state index in [1.54, 1.807) is 18.4 Å². The van der Waals surface area contributed by atoms with Crippen LogP contribution in [0.4, 0.5) is 0 Å². The molecule has 0 unspecified atom stereocenters. The quantitative estimate of drug-likeness (QED) is 0.700. The number of hydrogen-bond acceptors (Lipinski definition) is 7. The van der Waals surface area contributed by atoms with Crippen LogP contribution in [0.15, 0.2) is 39.8 Å². The van der Waals surface area contributed by atoms with E-state index in [0.717, 1.165) is 25.5 Å². The molecular weight excluding hydrogens is 400 g/mol. The van der Waals surface area contributed by atoms with Crippen LogP contribution < -0.4 is 0 Å². The second-order valence-electron chi connectivity index (χ2n) is 7.58. The highest BCUT2D eigenvalue weighted by atomic mass is 32.2. The van der Waals surface area contributed by atoms with Gasteiger partial charge in [-0.15, -0.1) is 0 Å². The molecule has 1 fully saturated rings. The molecule has 154 valence electrons. The van der Waals surface area contributed by atoms with E-state index in [0.29, 0.717) is 30.1 Å². The van der Waals surface area contributed by atoms with E-state index in [-0.39, 0.29) is 16.2 Å². The molecule has 1 aliphatic rings. The number of sulfone groups is 2. The molecule has 1 aromatic carbocycles. The second kappa shape index (κ2) is 7.96. The topological polar surface area (TPSA) is 97.6 Å². The lowest BCUT2D eigenvalue weighted by Crippen LogP contribution is -2.46. The van der Waals surface area contributed by atoms with Crippen molar-refractivity contribution in [1.29, 1.82) is 0 Å². The first-order valence-corrected chi connectivity index (χ1v) is 13.0. The summed E-state index contributed by atoms with van der Waals surface area (Å²) in [6, 6.07) is 6.35. The van der Waals surface area contributed by atoms with Crippen LogP contribution in [0.2, 0.25) is 0 Å². The summed E-state index contributed by atoms with van der Waals surface area (Å²) in [5.41, 5.74) is 1.40. The molecule has 1 heterocycles. The summed E-state index contributed by atoms with van der Waals surface area (Å²) in [6.45, 7) is 0.488. The first-order chi connectivity index (χ1) is 13.1. The Kier molecular flexibility index (Phi) is 5.97. The van der Waals surface area contributed by atoms with Crippen LogP contribution in [0, 0.1) is 0 Å². The first-order valence-electron chi connectivity index (χ1n) is 9.20. The Morgan fingerprint density at radius 3 is 2.32 bits per heavy atom. The molecule has 9 heteroatoms. The van der Waals surface area contributed by atoms with Crippen molar-refractivity contribution in [3.05, 3.63) is 36.2 Å². The number of benzene rings is 1. The monoisotopic (exact) mass is 426 g/mol. The maximum atomic E-state index is 12.1. The highest BCUT2D eigenvalue weighted by Gasteiger charge is 2.35. The van der Waals surface area contributed by atoms with Crippen LogP contribution in [0.3, 0.4) is 0 Å². The largest absolute Gasteiger partial charge is 0.444 e. The summed E-state index contributed by atoms with van der Waals surface area (Å²) in [7, 11) is -4.43. The Hall–Kier alpha value is -1.71. The van der Waals surface area contributed by atoms with Crippen molar-refractivity contribution in [2.75, 3.05) is 19.6 Å². The summed E-state index contributed by atoms with van der Waals surface area (Å²) in [4.78, 5) is 6.77. The molecule has 0 bridgehead atoms. The predicted octanol–water partition coefficient (Wildman–Crippen LogP) is 2.53. The maximum Gasteiger partial charge on any atom is 0.226 e. The van der Waals surface area contributed by atoms with Gasteiger partial charge in [-0.05, 0) is 44.2 Å². The lowest BCUT2D eigenvalue weighted by atomic mass is 9.94. The fourth-order valence-corrected chi connectivity index (χ4v) is 5.95. The van der Waals surface area contributed by atoms with Crippen LogP contribution in [0.5, 0.6) is 0 Å². The van der Waals surface area contributed by atoms with Crippen molar-refractivity contribution in [2.45, 2.75) is 48.4 Å². The molecule has 3 rings (SSSR count). The Balaban J connectivity index is 1.73. The fraction of sp³-hybridized carbons (Fsp3) is 0.526. The molecule has 1 aromatic heterocycles. The van der Waals surface area contributed by atoms with Gasteiger partial charge in [0.15, 0.2) is 19.7 Å². The lowest BCUT2D eigenvalue weighted by Gasteiger charge is -2.36. The van der Waals surface area contributed by atoms with Gasteiger partial charge < -0.3 is 4.42 Å². The maximum absolute atomic E-state index is 12.1. The summed E-state index contributed by atoms with van der Waals surface area (Å²) < 4.78 is 53.0. The summed E-state index contributed by atoms with van der Waals surface area (Å²) >= 11 is 0. The van der Waals surface area contributed by atoms with Gasteiger partial charge in [0.2, 0.25) is 5.89 Å². The molecule has 0 spiro atoms. The molecule has 2 atom stereocenters. The minimum absolute atomic E-state index is 0.0297. The predicted molar refractivity (Wildman–Crippen MR) is 107 cm³/mol. The third-order valence-corrected chi connectivity index (χ3v) is 8.05. The van der Waals surface area contributed by atoms with Crippen LogP contribution in [0.25, 0.3) is 11.5 Å². The summed E-state index contributed by atoms with van der Waals surface area (Å²) in [6.07, 6.45) is 7.57. The second-order valence-corrected chi connectivity index (χ2v) is 11.9. The average Bonchev–Trinajstić information content (AvgIpc) is 3.09. The molecule has 1 saturated carbocycles. The number of hydrogen-bond donors (Lipinski definition) is 0. The highest BCUT2D eigenvalue weighted by Crippen LogP contribution is 2.29. The highest BCUT2D eigenvalue weighted by molar-refractivity contribution is 7.91. The molecule has 0 amide bonds. The van der Waals surface area contributed by atoms with Gasteiger partial charge in [0.1, 0.15) is 6.26 Å². The minimum Gasteiger partial charge on any atom is -0.444 e. The third kappa shape index (κ3) is 4.82. The Morgan fingerprint density at radius 2 is 1.71 bits per heavy atom. The Labute approximate surface area is 166 Å². The number of rotatable bonds is 6. The van der Waals surface area contributed by atoms with Crippen LogP contribution in [-0.4, -0.2) is 57.6 Å². The normalized spacial score (nSPS) is 21.1. The molecule has 28 heavy (non-hydrogen) atoms. The van der Waals surface area contributed by atoms with E-state index in [1.165, 1.54) is 18.4 Å². The zero-order chi connectivity index (χ0) is 20.5. The standard InChI is InChI=1S/C19H26N2O5S2/c1-21(17-6-4-5-7-18(17)28(3,24)25)12-15-13-26-19(20-15)14-8-10-16(11-9-14)27(2,22)23/h8-11,13,17-18H,4-7,12H2,1-3H3/t17-,18-/m1/s1. The van der Waals surface area contributed by atoms with E-state index in [2.05, 4.69) is 4.98 Å². The van der Waals surface area contributed by atoms with Crippen LogP contribution in [0.1, 0.15) is 31.4 Å². The van der Waals surface area contributed by atoms with Crippen LogP contribution in [-0.2, 0) is 26.2 Å². The van der Waals surface area contributed by atoms with E-state index in [1.807, 2.05) is 11.9 Å². The zero-order valence-corrected chi connectivity index (χ0v) is 18.0. The molecule has 0 aliphatic heterocycles. The van der Waals surface area contributed by atoms with E-state index in [9.17, 15) is 16.8 Å². The first kappa shape index (κ1) is 21.0. The third-order valence-electron chi connectivity index (χ3n) is 5.28. The van der Waals surface area contributed by atoms with Gasteiger partial charge in [-0.25, -0.2) is 21.8 Å². The molecule has 0 N–H and O–H groups in total. The van der Waals surface area contributed by atoms with Gasteiger partial charge in [0.05, 0.1) is 15.8 Å². The zero-order valence-electron chi connectivity index (χ0n) is 16.3. The fourth-order valence-electron chi connectivity index (χ4n) is 3.81. The van der Waals surface area contributed by atoms with E-state index >= 15 is 0 Å². The van der Waals surface area contributed by atoms with Crippen LogP contribution >= 0.6 is 0 Å². The van der Waals surface area contributed by atoms with Crippen molar-refractivity contribution in [3.63, 3.8) is 0 Å². The summed E-state index contributed by atoms with van der Waals surface area (Å²) in [5, 5.41) is -0.346. The van der Waals surface area contributed by atoms with Gasteiger partial charge >= 0.3 is 0 Å². The SMILES string of the molecule is CN(Cc1coc(-c2ccc(S(C)(=O)=O)cc2)n1)[C@@H]1CCCC[C@H]1S(C)(=O)=O. The lowest BCUT2D eigenvalue weighted by molar-refractivity contribution is 0.185. The van der Waals surface area contributed by atoms with Gasteiger partial charge in [0.25, 0.3) is 0 Å². The van der Waals surface area contributed by atoms with Crippen molar-refractivity contribution in [3.8, 4) is 11.5 Å². The van der Waals surface area contributed by atoms with Crippen molar-refractivity contribution < 1.29 is 21.3 Å². The Morgan fingerprint density at radius 1 is 1.07 bits per heavy atom. The van der Waals surface area contributed by atoms with Gasteiger partial charge in [0, 0.05) is 30.7 Å². The molecular formula is C19H26N2O5S2. The number of aromatic nitrogens is 1. The number of oxazole rings is 1. The van der Waals surface area contributed by atoms with Crippen molar-refractivity contribution in [1.82, 2.24) is 9.88 Å². The smallest absolute Gasteiger partial charge is 0.226 e.